The fourth-order valence-corrected chi connectivity index (χ4v) is 4.66. The second kappa shape index (κ2) is 17.7. The predicted octanol–water partition coefficient (Wildman–Crippen LogP) is -0.195. The third-order valence-electron chi connectivity index (χ3n) is 6.94. The molecule has 0 aliphatic rings. The van der Waals surface area contributed by atoms with E-state index in [-0.39, 0.29) is 31.1 Å². The lowest BCUT2D eigenvalue weighted by Gasteiger charge is -2.26. The number of benzene rings is 1. The Morgan fingerprint density at radius 2 is 1.56 bits per heavy atom. The van der Waals surface area contributed by atoms with E-state index in [1.54, 1.807) is 6.20 Å². The molecule has 2 aromatic rings. The summed E-state index contributed by atoms with van der Waals surface area (Å²) in [6, 6.07) is 3.36. The van der Waals surface area contributed by atoms with Crippen LogP contribution in [0.2, 0.25) is 0 Å². The lowest BCUT2D eigenvalue weighted by atomic mass is 10.00. The molecule has 238 valence electrons. The Labute approximate surface area is 251 Å². The van der Waals surface area contributed by atoms with Gasteiger partial charge in [-0.2, -0.15) is 0 Å². The van der Waals surface area contributed by atoms with Gasteiger partial charge in [0.05, 0.1) is 6.04 Å². The fourth-order valence-electron chi connectivity index (χ4n) is 4.66. The topological polar surface area (TPSA) is 257 Å². The lowest BCUT2D eigenvalue weighted by Crippen LogP contribution is -2.57. The van der Waals surface area contributed by atoms with E-state index >= 15 is 0 Å². The molecule has 1 aromatic heterocycles. The minimum absolute atomic E-state index is 0.00290. The standard InChI is InChI=1S/C29H47N9O5/c1-17(2)14-23(27(41)38-24(28(42)43)15-18-16-35-21-10-4-3-8-19(18)21)37-26(40)22(11-5-6-12-30)36-25(39)20(31)9-7-13-34-29(32)33/h3-4,8,10,16-17,20,22-24,35H,5-7,9,11-15,30-31H2,1-2H3,(H,36,39)(H,37,40)(H,38,41)(H,42,43)(H4,32,33,34)/t20-,22-,23-,24-/m0/s1. The molecule has 0 unspecified atom stereocenters. The van der Waals surface area contributed by atoms with Crippen molar-refractivity contribution >= 4 is 40.6 Å². The van der Waals surface area contributed by atoms with Crippen molar-refractivity contribution in [2.75, 3.05) is 13.1 Å². The minimum atomic E-state index is -1.23. The number of nitrogens with one attached hydrogen (secondary N) is 4. The summed E-state index contributed by atoms with van der Waals surface area (Å²) in [5.41, 5.74) is 23.9. The largest absolute Gasteiger partial charge is 0.480 e. The molecule has 3 amide bonds. The maximum Gasteiger partial charge on any atom is 0.326 e. The molecule has 0 aliphatic heterocycles. The van der Waals surface area contributed by atoms with Crippen LogP contribution in [0.1, 0.15) is 57.9 Å². The molecule has 4 atom stereocenters. The van der Waals surface area contributed by atoms with E-state index in [2.05, 4.69) is 25.9 Å². The van der Waals surface area contributed by atoms with E-state index in [4.69, 9.17) is 22.9 Å². The molecule has 1 heterocycles. The molecule has 0 saturated carbocycles. The van der Waals surface area contributed by atoms with Gasteiger partial charge >= 0.3 is 5.97 Å². The number of guanidine groups is 1. The van der Waals surface area contributed by atoms with Crippen molar-refractivity contribution in [3.8, 4) is 0 Å². The summed E-state index contributed by atoms with van der Waals surface area (Å²) in [5.74, 6) is -2.97. The number of hydrogen-bond acceptors (Lipinski definition) is 7. The molecule has 0 saturated heterocycles. The molecular weight excluding hydrogens is 554 g/mol. The Balaban J connectivity index is 2.13. The van der Waals surface area contributed by atoms with E-state index < -0.39 is 47.9 Å². The highest BCUT2D eigenvalue weighted by atomic mass is 16.4. The average Bonchev–Trinajstić information content (AvgIpc) is 3.36. The van der Waals surface area contributed by atoms with Crippen LogP contribution in [0.5, 0.6) is 0 Å². The second-order valence-electron chi connectivity index (χ2n) is 11.1. The number of aromatic amines is 1. The van der Waals surface area contributed by atoms with Gasteiger partial charge in [-0.1, -0.05) is 32.0 Å². The number of nitrogens with zero attached hydrogens (tertiary/aromatic N) is 1. The van der Waals surface area contributed by atoms with Gasteiger partial charge in [0.1, 0.15) is 18.1 Å². The number of aliphatic imine (C=N–C) groups is 1. The van der Waals surface area contributed by atoms with Gasteiger partial charge in [0, 0.05) is 30.1 Å². The number of aliphatic carboxylic acids is 1. The van der Waals surface area contributed by atoms with Crippen LogP contribution in [0, 0.1) is 5.92 Å². The summed E-state index contributed by atoms with van der Waals surface area (Å²) in [4.78, 5) is 58.7. The van der Waals surface area contributed by atoms with Crippen molar-refractivity contribution in [1.82, 2.24) is 20.9 Å². The highest BCUT2D eigenvalue weighted by Crippen LogP contribution is 2.19. The van der Waals surface area contributed by atoms with Crippen molar-refractivity contribution in [2.45, 2.75) is 83.0 Å². The first-order chi connectivity index (χ1) is 20.4. The van der Waals surface area contributed by atoms with Crippen LogP contribution in [0.25, 0.3) is 10.9 Å². The van der Waals surface area contributed by atoms with Crippen LogP contribution in [0.15, 0.2) is 35.5 Å². The monoisotopic (exact) mass is 601 g/mol. The van der Waals surface area contributed by atoms with Gasteiger partial charge in [-0.15, -0.1) is 0 Å². The first-order valence-electron chi connectivity index (χ1n) is 14.6. The van der Waals surface area contributed by atoms with Gasteiger partial charge in [-0.3, -0.25) is 19.4 Å². The van der Waals surface area contributed by atoms with E-state index in [1.165, 1.54) is 0 Å². The normalized spacial score (nSPS) is 14.0. The van der Waals surface area contributed by atoms with Crippen molar-refractivity contribution in [2.24, 2.45) is 33.8 Å². The van der Waals surface area contributed by atoms with Crippen LogP contribution >= 0.6 is 0 Å². The van der Waals surface area contributed by atoms with Crippen LogP contribution in [0.4, 0.5) is 0 Å². The van der Waals surface area contributed by atoms with E-state index in [9.17, 15) is 24.3 Å². The molecule has 0 aliphatic carbocycles. The molecule has 0 bridgehead atoms. The number of rotatable bonds is 19. The van der Waals surface area contributed by atoms with E-state index in [0.29, 0.717) is 38.8 Å². The Kier molecular flexibility index (Phi) is 14.4. The predicted molar refractivity (Wildman–Crippen MR) is 166 cm³/mol. The Bertz CT molecular complexity index is 1240. The summed E-state index contributed by atoms with van der Waals surface area (Å²) in [7, 11) is 0. The maximum absolute atomic E-state index is 13.4. The number of carbonyl (C=O) groups is 4. The summed E-state index contributed by atoms with van der Waals surface area (Å²) < 4.78 is 0. The van der Waals surface area contributed by atoms with Crippen LogP contribution in [0.3, 0.4) is 0 Å². The summed E-state index contributed by atoms with van der Waals surface area (Å²) >= 11 is 0. The zero-order valence-corrected chi connectivity index (χ0v) is 25.0. The Morgan fingerprint density at radius 3 is 2.21 bits per heavy atom. The third kappa shape index (κ3) is 11.9. The zero-order valence-electron chi connectivity index (χ0n) is 25.0. The first-order valence-corrected chi connectivity index (χ1v) is 14.6. The zero-order chi connectivity index (χ0) is 31.9. The molecule has 43 heavy (non-hydrogen) atoms. The quantitative estimate of drug-likeness (QED) is 0.0586. The molecule has 0 radical (unpaired) electrons. The summed E-state index contributed by atoms with van der Waals surface area (Å²) in [6.07, 6.45) is 4.26. The number of hydrogen-bond donors (Lipinski definition) is 9. The highest BCUT2D eigenvalue weighted by molar-refractivity contribution is 5.94. The minimum Gasteiger partial charge on any atom is -0.480 e. The molecule has 0 fully saturated rings. The molecular formula is C29H47N9O5. The highest BCUT2D eigenvalue weighted by Gasteiger charge is 2.31. The van der Waals surface area contributed by atoms with Gasteiger partial charge in [-0.05, 0) is 62.6 Å². The average molecular weight is 602 g/mol. The number of para-hydroxylation sites is 1. The van der Waals surface area contributed by atoms with Crippen molar-refractivity contribution in [3.05, 3.63) is 36.0 Å². The number of carboxylic acid groups (broad SMARTS) is 1. The molecule has 1 aromatic carbocycles. The van der Waals surface area contributed by atoms with Crippen molar-refractivity contribution < 1.29 is 24.3 Å². The molecule has 13 N–H and O–H groups in total. The van der Waals surface area contributed by atoms with Gasteiger partial charge < -0.3 is 49.0 Å². The van der Waals surface area contributed by atoms with E-state index in [1.807, 2.05) is 38.1 Å². The lowest BCUT2D eigenvalue weighted by molar-refractivity contribution is -0.142. The third-order valence-corrected chi connectivity index (χ3v) is 6.94. The van der Waals surface area contributed by atoms with Gasteiger partial charge in [-0.25, -0.2) is 4.79 Å². The number of amides is 3. The summed E-state index contributed by atoms with van der Waals surface area (Å²) in [5, 5.41) is 18.8. The van der Waals surface area contributed by atoms with Crippen LogP contribution < -0.4 is 38.9 Å². The Hall–Kier alpha value is -4.17. The molecule has 14 heteroatoms. The first kappa shape index (κ1) is 35.0. The van der Waals surface area contributed by atoms with Crippen molar-refractivity contribution in [1.29, 1.82) is 0 Å². The van der Waals surface area contributed by atoms with Gasteiger partial charge in [0.25, 0.3) is 0 Å². The maximum atomic E-state index is 13.4. The number of fused-ring (bicyclic) bond motifs is 1. The molecule has 2 rings (SSSR count). The van der Waals surface area contributed by atoms with Crippen LogP contribution in [-0.2, 0) is 25.6 Å². The smallest absolute Gasteiger partial charge is 0.326 e. The van der Waals surface area contributed by atoms with Crippen molar-refractivity contribution in [3.63, 3.8) is 0 Å². The number of H-pyrrole nitrogens is 1. The fraction of sp³-hybridized carbons (Fsp3) is 0.552. The number of aromatic nitrogens is 1. The van der Waals surface area contributed by atoms with Gasteiger partial charge in [0.15, 0.2) is 5.96 Å². The number of unbranched alkanes of at least 4 members (excludes halogenated alkanes) is 1. The number of carboxylic acids is 1. The molecule has 14 nitrogen and oxygen atoms in total. The number of carbonyl (C=O) groups excluding carboxylic acids is 3. The van der Waals surface area contributed by atoms with E-state index in [0.717, 1.165) is 16.5 Å². The summed E-state index contributed by atoms with van der Waals surface area (Å²) in [6.45, 7) is 4.50. The molecule has 0 spiro atoms. The number of nitrogens with two attached hydrogens (primary N) is 4. The van der Waals surface area contributed by atoms with Crippen LogP contribution in [-0.4, -0.2) is 77.0 Å². The Morgan fingerprint density at radius 1 is 0.907 bits per heavy atom. The second-order valence-corrected chi connectivity index (χ2v) is 11.1. The SMILES string of the molecule is CC(C)C[C@H](NC(=O)[C@H](CCCCN)NC(=O)[C@@H](N)CCCN=C(N)N)C(=O)N[C@@H](Cc1c[nH]c2ccccc12)C(=O)O. The van der Waals surface area contributed by atoms with Gasteiger partial charge in [0.2, 0.25) is 17.7 Å².